The molecule has 0 bridgehead atoms. The van der Waals surface area contributed by atoms with Gasteiger partial charge in [0.2, 0.25) is 6.41 Å². The third kappa shape index (κ3) is 1.33. The molecule has 70 valence electrons. The summed E-state index contributed by atoms with van der Waals surface area (Å²) >= 11 is 0. The van der Waals surface area contributed by atoms with Gasteiger partial charge in [0.25, 0.3) is 0 Å². The lowest BCUT2D eigenvalue weighted by Gasteiger charge is -2.06. The van der Waals surface area contributed by atoms with Crippen molar-refractivity contribution in [2.75, 3.05) is 5.32 Å². The largest absolute Gasteiger partial charge is 0.328 e. The minimum atomic E-state index is 0.689. The zero-order valence-corrected chi connectivity index (χ0v) is 7.82. The van der Waals surface area contributed by atoms with Crippen LogP contribution in [0.4, 0.5) is 5.69 Å². The predicted molar refractivity (Wildman–Crippen MR) is 56.2 cm³/mol. The molecule has 0 saturated heterocycles. The molecule has 0 radical (unpaired) electrons. The molecule has 0 unspecified atom stereocenters. The van der Waals surface area contributed by atoms with E-state index < -0.39 is 0 Å². The molecule has 3 heteroatoms. The van der Waals surface area contributed by atoms with Crippen LogP contribution in [0.3, 0.4) is 0 Å². The Kier molecular flexibility index (Phi) is 2.14. The number of amides is 1. The second kappa shape index (κ2) is 3.46. The standard InChI is InChI=1S/C11H10N2O/c1-8-5-12-6-9-3-2-4-10(11(8)9)13-7-14/h2-7H,1H3,(H,13,14). The highest BCUT2D eigenvalue weighted by Gasteiger charge is 2.02. The summed E-state index contributed by atoms with van der Waals surface area (Å²) in [7, 11) is 0. The molecule has 2 rings (SSSR count). The van der Waals surface area contributed by atoms with Crippen LogP contribution in [0.5, 0.6) is 0 Å². The fourth-order valence-electron chi connectivity index (χ4n) is 1.60. The van der Waals surface area contributed by atoms with Crippen molar-refractivity contribution in [3.63, 3.8) is 0 Å². The van der Waals surface area contributed by atoms with E-state index >= 15 is 0 Å². The minimum Gasteiger partial charge on any atom is -0.328 e. The topological polar surface area (TPSA) is 42.0 Å². The molecule has 3 nitrogen and oxygen atoms in total. The summed E-state index contributed by atoms with van der Waals surface area (Å²) in [6.07, 6.45) is 4.27. The van der Waals surface area contributed by atoms with Gasteiger partial charge in [-0.05, 0) is 18.6 Å². The maximum atomic E-state index is 10.4. The molecule has 14 heavy (non-hydrogen) atoms. The van der Waals surface area contributed by atoms with Crippen LogP contribution in [0.1, 0.15) is 5.56 Å². The second-order valence-electron chi connectivity index (χ2n) is 3.12. The van der Waals surface area contributed by atoms with Crippen LogP contribution in [-0.2, 0) is 4.79 Å². The van der Waals surface area contributed by atoms with Crippen molar-refractivity contribution >= 4 is 22.9 Å². The van der Waals surface area contributed by atoms with Gasteiger partial charge in [0.1, 0.15) is 0 Å². The number of nitrogens with one attached hydrogen (secondary N) is 1. The summed E-state index contributed by atoms with van der Waals surface area (Å²) in [5, 5.41) is 4.77. The molecule has 0 fully saturated rings. The molecule has 1 N–H and O–H groups in total. The fraction of sp³-hybridized carbons (Fsp3) is 0.0909. The summed E-state index contributed by atoms with van der Waals surface area (Å²) in [6, 6.07) is 5.75. The first-order valence-electron chi connectivity index (χ1n) is 4.36. The van der Waals surface area contributed by atoms with Crippen LogP contribution in [0, 0.1) is 6.92 Å². The number of rotatable bonds is 2. The summed E-state index contributed by atoms with van der Waals surface area (Å²) in [4.78, 5) is 14.5. The van der Waals surface area contributed by atoms with E-state index in [1.54, 1.807) is 12.4 Å². The number of carbonyl (C=O) groups is 1. The minimum absolute atomic E-state index is 0.689. The molecule has 0 aliphatic heterocycles. The third-order valence-corrected chi connectivity index (χ3v) is 2.19. The Balaban J connectivity index is 2.77. The van der Waals surface area contributed by atoms with Crippen LogP contribution in [0.2, 0.25) is 0 Å². The third-order valence-electron chi connectivity index (χ3n) is 2.19. The van der Waals surface area contributed by atoms with E-state index in [4.69, 9.17) is 0 Å². The molecule has 0 saturated carbocycles. The first-order valence-corrected chi connectivity index (χ1v) is 4.36. The first kappa shape index (κ1) is 8.69. The number of anilines is 1. The van der Waals surface area contributed by atoms with Gasteiger partial charge in [-0.25, -0.2) is 0 Å². The summed E-state index contributed by atoms with van der Waals surface area (Å²) in [5.74, 6) is 0. The van der Waals surface area contributed by atoms with Gasteiger partial charge in [0.15, 0.2) is 0 Å². The maximum Gasteiger partial charge on any atom is 0.211 e. The molecule has 2 aromatic rings. The van der Waals surface area contributed by atoms with E-state index in [2.05, 4.69) is 10.3 Å². The molecule has 1 heterocycles. The Morgan fingerprint density at radius 2 is 2.21 bits per heavy atom. The summed E-state index contributed by atoms with van der Waals surface area (Å²) in [5.41, 5.74) is 1.89. The van der Waals surface area contributed by atoms with E-state index in [9.17, 15) is 4.79 Å². The number of benzene rings is 1. The van der Waals surface area contributed by atoms with Gasteiger partial charge in [-0.2, -0.15) is 0 Å². The highest BCUT2D eigenvalue weighted by atomic mass is 16.1. The van der Waals surface area contributed by atoms with Crippen molar-refractivity contribution in [3.05, 3.63) is 36.2 Å². The number of hydrogen-bond donors (Lipinski definition) is 1. The Hall–Kier alpha value is -1.90. The summed E-state index contributed by atoms with van der Waals surface area (Å²) in [6.45, 7) is 1.98. The predicted octanol–water partition coefficient (Wildman–Crippen LogP) is 2.11. The summed E-state index contributed by atoms with van der Waals surface area (Å²) < 4.78 is 0. The smallest absolute Gasteiger partial charge is 0.211 e. The van der Waals surface area contributed by atoms with E-state index in [1.165, 1.54) is 0 Å². The zero-order chi connectivity index (χ0) is 9.97. The monoisotopic (exact) mass is 186 g/mol. The number of hydrogen-bond acceptors (Lipinski definition) is 2. The lowest BCUT2D eigenvalue weighted by molar-refractivity contribution is -0.105. The molecule has 1 aromatic heterocycles. The van der Waals surface area contributed by atoms with Gasteiger partial charge >= 0.3 is 0 Å². The Labute approximate surface area is 81.8 Å². The number of fused-ring (bicyclic) bond motifs is 1. The first-order chi connectivity index (χ1) is 6.83. The highest BCUT2D eigenvalue weighted by molar-refractivity contribution is 5.98. The molecule has 0 atom stereocenters. The molecule has 0 aliphatic rings. The fourth-order valence-corrected chi connectivity index (χ4v) is 1.60. The van der Waals surface area contributed by atoms with Crippen molar-refractivity contribution in [2.24, 2.45) is 0 Å². The van der Waals surface area contributed by atoms with Gasteiger partial charge < -0.3 is 5.32 Å². The van der Waals surface area contributed by atoms with Crippen LogP contribution in [0.25, 0.3) is 10.8 Å². The highest BCUT2D eigenvalue weighted by Crippen LogP contribution is 2.24. The average Bonchev–Trinajstić information content (AvgIpc) is 2.19. The second-order valence-corrected chi connectivity index (χ2v) is 3.12. The molecule has 1 aromatic carbocycles. The van der Waals surface area contributed by atoms with Crippen LogP contribution in [-0.4, -0.2) is 11.4 Å². The average molecular weight is 186 g/mol. The van der Waals surface area contributed by atoms with Crippen molar-refractivity contribution in [1.82, 2.24) is 4.98 Å². The molecule has 1 amide bonds. The van der Waals surface area contributed by atoms with Crippen LogP contribution < -0.4 is 5.32 Å². The molecular weight excluding hydrogens is 176 g/mol. The van der Waals surface area contributed by atoms with Crippen molar-refractivity contribution < 1.29 is 4.79 Å². The number of aryl methyl sites for hydroxylation is 1. The Morgan fingerprint density at radius 3 is 3.00 bits per heavy atom. The molecular formula is C11H10N2O. The van der Waals surface area contributed by atoms with E-state index in [0.29, 0.717) is 6.41 Å². The zero-order valence-electron chi connectivity index (χ0n) is 7.82. The van der Waals surface area contributed by atoms with Gasteiger partial charge in [0.05, 0.1) is 0 Å². The van der Waals surface area contributed by atoms with Crippen molar-refractivity contribution in [1.29, 1.82) is 0 Å². The SMILES string of the molecule is Cc1cncc2cccc(NC=O)c12. The maximum absolute atomic E-state index is 10.4. The number of carbonyl (C=O) groups excluding carboxylic acids is 1. The van der Waals surface area contributed by atoms with Crippen molar-refractivity contribution in [3.8, 4) is 0 Å². The van der Waals surface area contributed by atoms with E-state index in [1.807, 2.05) is 25.1 Å². The number of aromatic nitrogens is 1. The van der Waals surface area contributed by atoms with Gasteiger partial charge in [0, 0.05) is 28.9 Å². The van der Waals surface area contributed by atoms with Gasteiger partial charge in [-0.15, -0.1) is 0 Å². The quantitative estimate of drug-likeness (QED) is 0.730. The lowest BCUT2D eigenvalue weighted by Crippen LogP contribution is -1.95. The molecule has 0 aliphatic carbocycles. The van der Waals surface area contributed by atoms with Crippen molar-refractivity contribution in [2.45, 2.75) is 6.92 Å². The van der Waals surface area contributed by atoms with Gasteiger partial charge in [-0.1, -0.05) is 12.1 Å². The Morgan fingerprint density at radius 1 is 1.36 bits per heavy atom. The number of pyridine rings is 1. The Bertz CT molecular complexity index is 474. The van der Waals surface area contributed by atoms with E-state index in [-0.39, 0.29) is 0 Å². The van der Waals surface area contributed by atoms with Crippen LogP contribution in [0.15, 0.2) is 30.6 Å². The normalized spacial score (nSPS) is 10.1. The van der Waals surface area contributed by atoms with Gasteiger partial charge in [-0.3, -0.25) is 9.78 Å². The van der Waals surface area contributed by atoms with E-state index in [0.717, 1.165) is 22.0 Å². The lowest BCUT2D eigenvalue weighted by atomic mass is 10.1. The number of nitrogens with zero attached hydrogens (tertiary/aromatic N) is 1. The molecule has 0 spiro atoms. The van der Waals surface area contributed by atoms with Crippen LogP contribution >= 0.6 is 0 Å².